The number of aromatic nitrogens is 1. The minimum Gasteiger partial charge on any atom is -0.408 e. The molecule has 28 heavy (non-hydrogen) atoms. The van der Waals surface area contributed by atoms with E-state index in [1.165, 1.54) is 12.1 Å². The summed E-state index contributed by atoms with van der Waals surface area (Å²) in [5.74, 6) is -0.348. The zero-order chi connectivity index (χ0) is 19.7. The normalized spacial score (nSPS) is 15.8. The van der Waals surface area contributed by atoms with E-state index >= 15 is 0 Å². The van der Waals surface area contributed by atoms with Crippen molar-refractivity contribution in [3.05, 3.63) is 53.0 Å². The predicted octanol–water partition coefficient (Wildman–Crippen LogP) is 4.59. The summed E-state index contributed by atoms with van der Waals surface area (Å²) < 4.78 is 53.1. The molecule has 1 fully saturated rings. The lowest BCUT2D eigenvalue weighted by atomic mass is 10.00. The first kappa shape index (κ1) is 18.6. The van der Waals surface area contributed by atoms with Gasteiger partial charge in [-0.3, -0.25) is 4.57 Å². The second-order valence-electron chi connectivity index (χ2n) is 6.79. The Morgan fingerprint density at radius 3 is 2.39 bits per heavy atom. The molecule has 0 N–H and O–H groups in total. The Balaban J connectivity index is 1.63. The monoisotopic (exact) mass is 393 g/mol. The summed E-state index contributed by atoms with van der Waals surface area (Å²) in [6.07, 6.45) is -2.95. The lowest BCUT2D eigenvalue weighted by Crippen LogP contribution is -2.24. The summed E-state index contributed by atoms with van der Waals surface area (Å²) in [6.45, 7) is 1.93. The highest BCUT2D eigenvalue weighted by Crippen LogP contribution is 2.29. The maximum atomic E-state index is 12.3. The second kappa shape index (κ2) is 7.35. The van der Waals surface area contributed by atoms with Gasteiger partial charge in [-0.25, -0.2) is 4.79 Å². The van der Waals surface area contributed by atoms with Crippen molar-refractivity contribution in [1.82, 2.24) is 4.57 Å². The van der Waals surface area contributed by atoms with Crippen molar-refractivity contribution < 1.29 is 27.1 Å². The number of oxazole rings is 1. The van der Waals surface area contributed by atoms with Crippen LogP contribution in [0, 0.1) is 5.92 Å². The van der Waals surface area contributed by atoms with Gasteiger partial charge in [-0.15, -0.1) is 13.2 Å². The van der Waals surface area contributed by atoms with Gasteiger partial charge >= 0.3 is 12.1 Å². The van der Waals surface area contributed by atoms with Crippen molar-refractivity contribution >= 4 is 11.1 Å². The highest BCUT2D eigenvalue weighted by Gasteiger charge is 2.31. The van der Waals surface area contributed by atoms with Gasteiger partial charge in [-0.05, 0) is 54.2 Å². The van der Waals surface area contributed by atoms with Crippen molar-refractivity contribution in [2.75, 3.05) is 13.2 Å². The van der Waals surface area contributed by atoms with Crippen LogP contribution in [-0.2, 0) is 11.3 Å². The summed E-state index contributed by atoms with van der Waals surface area (Å²) in [5.41, 5.74) is 2.64. The fourth-order valence-electron chi connectivity index (χ4n) is 3.45. The molecule has 148 valence electrons. The Morgan fingerprint density at radius 2 is 1.71 bits per heavy atom. The number of hydrogen-bond donors (Lipinski definition) is 0. The van der Waals surface area contributed by atoms with Crippen LogP contribution in [0.3, 0.4) is 0 Å². The van der Waals surface area contributed by atoms with Crippen molar-refractivity contribution in [3.8, 4) is 16.9 Å². The summed E-state index contributed by atoms with van der Waals surface area (Å²) >= 11 is 0. The quantitative estimate of drug-likeness (QED) is 0.651. The molecule has 0 amide bonds. The van der Waals surface area contributed by atoms with E-state index in [9.17, 15) is 18.0 Å². The van der Waals surface area contributed by atoms with Gasteiger partial charge in [0, 0.05) is 19.8 Å². The zero-order valence-electron chi connectivity index (χ0n) is 14.9. The van der Waals surface area contributed by atoms with Gasteiger partial charge in [-0.1, -0.05) is 18.2 Å². The molecule has 2 aromatic carbocycles. The molecule has 1 aliphatic heterocycles. The van der Waals surface area contributed by atoms with Gasteiger partial charge in [0.25, 0.3) is 0 Å². The fraction of sp³-hybridized carbons (Fsp3) is 0.350. The molecular weight excluding hydrogens is 375 g/mol. The predicted molar refractivity (Wildman–Crippen MR) is 96.1 cm³/mol. The molecular formula is C20H18F3NO4. The highest BCUT2D eigenvalue weighted by atomic mass is 19.4. The summed E-state index contributed by atoms with van der Waals surface area (Å²) in [5, 5.41) is 0. The van der Waals surface area contributed by atoms with Gasteiger partial charge in [-0.2, -0.15) is 0 Å². The summed E-state index contributed by atoms with van der Waals surface area (Å²) in [7, 11) is 0. The number of fused-ring (bicyclic) bond motifs is 1. The molecule has 0 aliphatic carbocycles. The average Bonchev–Trinajstić information content (AvgIpc) is 2.97. The Kier molecular flexibility index (Phi) is 4.89. The van der Waals surface area contributed by atoms with Crippen LogP contribution in [0.2, 0.25) is 0 Å². The Labute approximate surface area is 158 Å². The van der Waals surface area contributed by atoms with E-state index < -0.39 is 12.1 Å². The van der Waals surface area contributed by atoms with E-state index in [-0.39, 0.29) is 5.75 Å². The molecule has 0 radical (unpaired) electrons. The van der Waals surface area contributed by atoms with Crippen LogP contribution < -0.4 is 10.5 Å². The van der Waals surface area contributed by atoms with Crippen LogP contribution in [0.1, 0.15) is 12.8 Å². The van der Waals surface area contributed by atoms with Gasteiger partial charge in [0.05, 0.1) is 5.52 Å². The Bertz CT molecular complexity index is 1010. The molecule has 0 spiro atoms. The molecule has 5 nitrogen and oxygen atoms in total. The van der Waals surface area contributed by atoms with Gasteiger partial charge in [0.2, 0.25) is 0 Å². The van der Waals surface area contributed by atoms with Crippen LogP contribution in [0.25, 0.3) is 22.2 Å². The van der Waals surface area contributed by atoms with E-state index in [4.69, 9.17) is 9.15 Å². The summed E-state index contributed by atoms with van der Waals surface area (Å²) in [4.78, 5) is 12.3. The highest BCUT2D eigenvalue weighted by molar-refractivity contribution is 5.80. The standard InChI is InChI=1S/C20H18F3NO4/c21-20(22,23)28-16-4-1-14(2-5-16)15-3-6-18-17(11-15)24(19(25)27-18)12-13-7-9-26-10-8-13/h1-6,11,13H,7-10,12H2. The number of rotatable bonds is 4. The first-order valence-electron chi connectivity index (χ1n) is 8.96. The van der Waals surface area contributed by atoms with Crippen LogP contribution in [-0.4, -0.2) is 24.1 Å². The number of ether oxygens (including phenoxy) is 2. The van der Waals surface area contributed by atoms with E-state index in [0.29, 0.717) is 42.3 Å². The van der Waals surface area contributed by atoms with Gasteiger partial charge in [0.15, 0.2) is 5.58 Å². The molecule has 3 aromatic rings. The molecule has 1 aromatic heterocycles. The molecule has 0 bridgehead atoms. The van der Waals surface area contributed by atoms with Crippen molar-refractivity contribution in [3.63, 3.8) is 0 Å². The molecule has 1 saturated heterocycles. The minimum atomic E-state index is -4.72. The molecule has 4 rings (SSSR count). The third-order valence-corrected chi connectivity index (χ3v) is 4.87. The zero-order valence-corrected chi connectivity index (χ0v) is 14.9. The van der Waals surface area contributed by atoms with Crippen molar-refractivity contribution in [2.24, 2.45) is 5.92 Å². The van der Waals surface area contributed by atoms with E-state index in [2.05, 4.69) is 4.74 Å². The maximum Gasteiger partial charge on any atom is 0.573 e. The largest absolute Gasteiger partial charge is 0.573 e. The number of alkyl halides is 3. The fourth-order valence-corrected chi connectivity index (χ4v) is 3.45. The Morgan fingerprint density at radius 1 is 1.04 bits per heavy atom. The minimum absolute atomic E-state index is 0.280. The molecule has 0 unspecified atom stereocenters. The van der Waals surface area contributed by atoms with Gasteiger partial charge in [0.1, 0.15) is 5.75 Å². The lowest BCUT2D eigenvalue weighted by molar-refractivity contribution is -0.274. The van der Waals surface area contributed by atoms with Gasteiger partial charge < -0.3 is 13.9 Å². The summed E-state index contributed by atoms with van der Waals surface area (Å²) in [6, 6.07) is 10.9. The third-order valence-electron chi connectivity index (χ3n) is 4.87. The van der Waals surface area contributed by atoms with E-state index in [1.807, 2.05) is 6.07 Å². The average molecular weight is 393 g/mol. The SMILES string of the molecule is O=c1oc2ccc(-c3ccc(OC(F)(F)F)cc3)cc2n1CC1CCOCC1. The first-order chi connectivity index (χ1) is 13.4. The maximum absolute atomic E-state index is 12.3. The van der Waals surface area contributed by atoms with Crippen molar-refractivity contribution in [2.45, 2.75) is 25.7 Å². The lowest BCUT2D eigenvalue weighted by Gasteiger charge is -2.21. The van der Waals surface area contributed by atoms with Crippen LogP contribution in [0.4, 0.5) is 13.2 Å². The number of hydrogen-bond acceptors (Lipinski definition) is 4. The number of benzene rings is 2. The second-order valence-corrected chi connectivity index (χ2v) is 6.79. The first-order valence-corrected chi connectivity index (χ1v) is 8.96. The molecule has 0 atom stereocenters. The molecule has 0 saturated carbocycles. The van der Waals surface area contributed by atoms with E-state index in [0.717, 1.165) is 18.4 Å². The molecule has 8 heteroatoms. The third kappa shape index (κ3) is 4.06. The molecule has 1 aliphatic rings. The molecule has 2 heterocycles. The topological polar surface area (TPSA) is 53.6 Å². The number of halogens is 3. The van der Waals surface area contributed by atoms with Crippen LogP contribution in [0.15, 0.2) is 51.7 Å². The van der Waals surface area contributed by atoms with Crippen LogP contribution in [0.5, 0.6) is 5.75 Å². The number of nitrogens with zero attached hydrogens (tertiary/aromatic N) is 1. The smallest absolute Gasteiger partial charge is 0.408 e. The van der Waals surface area contributed by atoms with Crippen LogP contribution >= 0.6 is 0 Å². The van der Waals surface area contributed by atoms with Crippen molar-refractivity contribution in [1.29, 1.82) is 0 Å². The Hall–Kier alpha value is -2.74. The van der Waals surface area contributed by atoms with E-state index in [1.54, 1.807) is 28.8 Å².